The molecule has 0 atom stereocenters. The third-order valence-electron chi connectivity index (χ3n) is 3.84. The number of benzene rings is 2. The van der Waals surface area contributed by atoms with Gasteiger partial charge in [-0.25, -0.2) is 4.98 Å². The number of pyridine rings is 1. The lowest BCUT2D eigenvalue weighted by Crippen LogP contribution is -2.00. The molecule has 0 fully saturated rings. The Morgan fingerprint density at radius 2 is 1.43 bits per heavy atom. The zero-order chi connectivity index (χ0) is 14.2. The van der Waals surface area contributed by atoms with Gasteiger partial charge in [0, 0.05) is 33.6 Å². The third kappa shape index (κ3) is 1.99. The Morgan fingerprint density at radius 3 is 2.05 bits per heavy atom. The molecular formula is C18H13ClN2. The van der Waals surface area contributed by atoms with Crippen molar-refractivity contribution in [2.75, 3.05) is 0 Å². The lowest BCUT2D eigenvalue weighted by Gasteiger charge is -2.08. The van der Waals surface area contributed by atoms with Crippen LogP contribution in [-0.2, 0) is 6.54 Å². The number of rotatable bonds is 2. The standard InChI is InChI=1S/C18H13ClN2/c19-18-13(6-5-11-20-18)12-21-16-9-3-1-7-14(16)15-8-2-4-10-17(15)21/h1-11H,12H2. The zero-order valence-corrected chi connectivity index (χ0v) is 12.1. The van der Waals surface area contributed by atoms with E-state index in [1.165, 1.54) is 21.8 Å². The van der Waals surface area contributed by atoms with Crippen LogP contribution >= 0.6 is 11.6 Å². The molecule has 0 aliphatic heterocycles. The van der Waals surface area contributed by atoms with E-state index in [9.17, 15) is 0 Å². The highest BCUT2D eigenvalue weighted by atomic mass is 35.5. The summed E-state index contributed by atoms with van der Waals surface area (Å²) in [5.41, 5.74) is 3.47. The minimum Gasteiger partial charge on any atom is -0.336 e. The molecule has 2 heterocycles. The van der Waals surface area contributed by atoms with Gasteiger partial charge in [0.25, 0.3) is 0 Å². The van der Waals surface area contributed by atoms with Crippen molar-refractivity contribution in [2.24, 2.45) is 0 Å². The van der Waals surface area contributed by atoms with Crippen LogP contribution in [0.2, 0.25) is 5.15 Å². The van der Waals surface area contributed by atoms with E-state index in [2.05, 4.69) is 58.1 Å². The van der Waals surface area contributed by atoms with E-state index >= 15 is 0 Å². The Bertz CT molecular complexity index is 887. The molecule has 0 bridgehead atoms. The topological polar surface area (TPSA) is 17.8 Å². The zero-order valence-electron chi connectivity index (χ0n) is 11.3. The summed E-state index contributed by atoms with van der Waals surface area (Å²) >= 11 is 6.22. The van der Waals surface area contributed by atoms with Crippen LogP contribution in [0.1, 0.15) is 5.56 Å². The van der Waals surface area contributed by atoms with Crippen LogP contribution in [0.15, 0.2) is 66.9 Å². The molecule has 2 aromatic carbocycles. The number of fused-ring (bicyclic) bond motifs is 3. The average Bonchev–Trinajstić information content (AvgIpc) is 2.85. The van der Waals surface area contributed by atoms with Crippen LogP contribution in [0.4, 0.5) is 0 Å². The average molecular weight is 293 g/mol. The van der Waals surface area contributed by atoms with E-state index in [-0.39, 0.29) is 0 Å². The van der Waals surface area contributed by atoms with Crippen molar-refractivity contribution in [3.05, 3.63) is 77.6 Å². The molecule has 4 rings (SSSR count). The summed E-state index contributed by atoms with van der Waals surface area (Å²) in [4.78, 5) is 4.17. The molecule has 2 aromatic heterocycles. The van der Waals surface area contributed by atoms with E-state index in [4.69, 9.17) is 11.6 Å². The van der Waals surface area contributed by atoms with Crippen LogP contribution in [0.5, 0.6) is 0 Å². The molecule has 0 saturated carbocycles. The van der Waals surface area contributed by atoms with E-state index in [1.807, 2.05) is 12.1 Å². The lowest BCUT2D eigenvalue weighted by atomic mass is 10.2. The molecular weight excluding hydrogens is 280 g/mol. The molecule has 0 aliphatic carbocycles. The summed E-state index contributed by atoms with van der Waals surface area (Å²) in [5, 5.41) is 3.11. The van der Waals surface area contributed by atoms with E-state index in [1.54, 1.807) is 6.20 Å². The van der Waals surface area contributed by atoms with Gasteiger partial charge in [-0.3, -0.25) is 0 Å². The van der Waals surface area contributed by atoms with Crippen LogP contribution in [0.25, 0.3) is 21.8 Å². The van der Waals surface area contributed by atoms with Gasteiger partial charge >= 0.3 is 0 Å². The Labute approximate surface area is 127 Å². The fourth-order valence-corrected chi connectivity index (χ4v) is 3.06. The molecule has 0 saturated heterocycles. The van der Waals surface area contributed by atoms with Gasteiger partial charge in [-0.1, -0.05) is 54.1 Å². The second kappa shape index (κ2) is 4.90. The number of aromatic nitrogens is 2. The first kappa shape index (κ1) is 12.4. The number of para-hydroxylation sites is 2. The quantitative estimate of drug-likeness (QED) is 0.481. The summed E-state index contributed by atoms with van der Waals surface area (Å²) in [6.45, 7) is 0.723. The maximum absolute atomic E-state index is 6.22. The monoisotopic (exact) mass is 292 g/mol. The van der Waals surface area contributed by atoms with Crippen molar-refractivity contribution in [1.29, 1.82) is 0 Å². The van der Waals surface area contributed by atoms with Gasteiger partial charge in [-0.05, 0) is 18.2 Å². The number of hydrogen-bond acceptors (Lipinski definition) is 1. The molecule has 0 radical (unpaired) electrons. The summed E-state index contributed by atoms with van der Waals surface area (Å²) in [5.74, 6) is 0. The summed E-state index contributed by atoms with van der Waals surface area (Å²) in [6.07, 6.45) is 1.72. The van der Waals surface area contributed by atoms with E-state index < -0.39 is 0 Å². The normalized spacial score (nSPS) is 11.3. The first-order valence-corrected chi connectivity index (χ1v) is 7.28. The molecule has 0 aliphatic rings. The largest absolute Gasteiger partial charge is 0.336 e. The summed E-state index contributed by atoms with van der Waals surface area (Å²) in [7, 11) is 0. The smallest absolute Gasteiger partial charge is 0.133 e. The first-order chi connectivity index (χ1) is 10.3. The molecule has 0 N–H and O–H groups in total. The van der Waals surface area contributed by atoms with Crippen molar-refractivity contribution in [2.45, 2.75) is 6.54 Å². The van der Waals surface area contributed by atoms with Crippen LogP contribution in [0.3, 0.4) is 0 Å². The SMILES string of the molecule is Clc1ncccc1Cn1c2ccccc2c2ccccc21. The van der Waals surface area contributed by atoms with Gasteiger partial charge in [0.15, 0.2) is 0 Å². The van der Waals surface area contributed by atoms with Crippen molar-refractivity contribution in [1.82, 2.24) is 9.55 Å². The maximum Gasteiger partial charge on any atom is 0.133 e. The van der Waals surface area contributed by atoms with Crippen molar-refractivity contribution < 1.29 is 0 Å². The van der Waals surface area contributed by atoms with E-state index in [0.29, 0.717) is 5.15 Å². The van der Waals surface area contributed by atoms with Crippen LogP contribution in [-0.4, -0.2) is 9.55 Å². The fourth-order valence-electron chi connectivity index (χ4n) is 2.88. The van der Waals surface area contributed by atoms with Crippen LogP contribution in [0, 0.1) is 0 Å². The van der Waals surface area contributed by atoms with Crippen molar-refractivity contribution >= 4 is 33.4 Å². The number of hydrogen-bond donors (Lipinski definition) is 0. The molecule has 0 spiro atoms. The molecule has 4 aromatic rings. The highest BCUT2D eigenvalue weighted by molar-refractivity contribution is 6.30. The van der Waals surface area contributed by atoms with Gasteiger partial charge < -0.3 is 4.57 Å². The van der Waals surface area contributed by atoms with Gasteiger partial charge in [0.05, 0.1) is 6.54 Å². The molecule has 102 valence electrons. The van der Waals surface area contributed by atoms with E-state index in [0.717, 1.165) is 12.1 Å². The summed E-state index contributed by atoms with van der Waals surface area (Å²) < 4.78 is 2.30. The predicted molar refractivity (Wildman–Crippen MR) is 87.8 cm³/mol. The fraction of sp³-hybridized carbons (Fsp3) is 0.0556. The highest BCUT2D eigenvalue weighted by Gasteiger charge is 2.11. The second-order valence-electron chi connectivity index (χ2n) is 5.07. The molecule has 2 nitrogen and oxygen atoms in total. The highest BCUT2D eigenvalue weighted by Crippen LogP contribution is 2.30. The Balaban J connectivity index is 2.00. The minimum atomic E-state index is 0.569. The van der Waals surface area contributed by atoms with Gasteiger partial charge in [-0.15, -0.1) is 0 Å². The predicted octanol–water partition coefficient (Wildman–Crippen LogP) is 4.89. The summed E-state index contributed by atoms with van der Waals surface area (Å²) in [6, 6.07) is 20.9. The Hall–Kier alpha value is -2.32. The van der Waals surface area contributed by atoms with Gasteiger partial charge in [-0.2, -0.15) is 0 Å². The molecule has 0 unspecified atom stereocenters. The van der Waals surface area contributed by atoms with Crippen molar-refractivity contribution in [3.63, 3.8) is 0 Å². The number of nitrogens with zero attached hydrogens (tertiary/aromatic N) is 2. The second-order valence-corrected chi connectivity index (χ2v) is 5.43. The van der Waals surface area contributed by atoms with Gasteiger partial charge in [0.2, 0.25) is 0 Å². The molecule has 21 heavy (non-hydrogen) atoms. The maximum atomic E-state index is 6.22. The molecule has 3 heteroatoms. The molecule has 0 amide bonds. The van der Waals surface area contributed by atoms with Crippen molar-refractivity contribution in [3.8, 4) is 0 Å². The first-order valence-electron chi connectivity index (χ1n) is 6.90. The van der Waals surface area contributed by atoms with Crippen LogP contribution < -0.4 is 0 Å². The lowest BCUT2D eigenvalue weighted by molar-refractivity contribution is 0.863. The minimum absolute atomic E-state index is 0.569. The Kier molecular flexibility index (Phi) is 2.90. The number of halogens is 1. The third-order valence-corrected chi connectivity index (χ3v) is 4.18. The Morgan fingerprint density at radius 1 is 0.810 bits per heavy atom. The van der Waals surface area contributed by atoms with Gasteiger partial charge in [0.1, 0.15) is 5.15 Å².